The third-order valence-corrected chi connectivity index (χ3v) is 5.60. The summed E-state index contributed by atoms with van der Waals surface area (Å²) in [5.74, 6) is -2.33. The van der Waals surface area contributed by atoms with Gasteiger partial charge in [0.1, 0.15) is 12.1 Å². The van der Waals surface area contributed by atoms with Crippen LogP contribution < -0.4 is 16.2 Å². The minimum Gasteiger partial charge on any atom is -0.480 e. The van der Waals surface area contributed by atoms with E-state index >= 15 is 0 Å². The Hall–Kier alpha value is -5.05. The maximum Gasteiger partial charge on any atom is 0.322 e. The predicted octanol–water partition coefficient (Wildman–Crippen LogP) is 3.66. The fourth-order valence-corrected chi connectivity index (χ4v) is 3.84. The van der Waals surface area contributed by atoms with Crippen LogP contribution in [0.1, 0.15) is 27.6 Å². The van der Waals surface area contributed by atoms with Crippen molar-refractivity contribution in [2.45, 2.75) is 13.5 Å². The first kappa shape index (κ1) is 25.1. The number of carboxylic acids is 1. The molecule has 0 fully saturated rings. The summed E-state index contributed by atoms with van der Waals surface area (Å²) >= 11 is 0. The highest BCUT2D eigenvalue weighted by atomic mass is 16.4. The lowest BCUT2D eigenvalue weighted by molar-refractivity contribution is -0.135. The average molecular weight is 497 g/mol. The average Bonchev–Trinajstić information content (AvgIpc) is 2.92. The van der Waals surface area contributed by atoms with E-state index in [1.54, 1.807) is 6.92 Å². The zero-order chi connectivity index (χ0) is 26.4. The largest absolute Gasteiger partial charge is 0.480 e. The van der Waals surface area contributed by atoms with Crippen LogP contribution in [-0.4, -0.2) is 39.2 Å². The molecule has 1 aromatic heterocycles. The van der Waals surface area contributed by atoms with Gasteiger partial charge in [0.05, 0.1) is 5.69 Å². The van der Waals surface area contributed by atoms with Crippen molar-refractivity contribution < 1.29 is 19.5 Å². The van der Waals surface area contributed by atoms with Gasteiger partial charge in [-0.2, -0.15) is 5.10 Å². The molecule has 9 nitrogen and oxygen atoms in total. The van der Waals surface area contributed by atoms with E-state index in [1.807, 2.05) is 60.7 Å². The minimum atomic E-state index is -1.16. The minimum absolute atomic E-state index is 0.0508. The van der Waals surface area contributed by atoms with Crippen LogP contribution in [0.25, 0.3) is 22.4 Å². The molecule has 1 heterocycles. The molecule has 0 atom stereocenters. The van der Waals surface area contributed by atoms with Gasteiger partial charge in [-0.05, 0) is 36.8 Å². The van der Waals surface area contributed by atoms with Crippen molar-refractivity contribution in [3.05, 3.63) is 106 Å². The molecule has 0 radical (unpaired) electrons. The van der Waals surface area contributed by atoms with Gasteiger partial charge in [-0.15, -0.1) is 0 Å². The van der Waals surface area contributed by atoms with Crippen molar-refractivity contribution in [1.29, 1.82) is 0 Å². The predicted molar refractivity (Wildman–Crippen MR) is 139 cm³/mol. The van der Waals surface area contributed by atoms with Crippen LogP contribution in [0.3, 0.4) is 0 Å². The molecule has 0 saturated heterocycles. The summed E-state index contributed by atoms with van der Waals surface area (Å²) in [5, 5.41) is 18.3. The standard InChI is InChI=1S/C28H24N4O5/c1-2-32-28(37)24(27(36)30-21-15-13-20(14-16-21)26(35)29-17-22(33)34)23(18-9-5-3-6-10-18)25(31-32)19-11-7-4-8-12-19/h3-16H,2,17H2,1H3,(H,29,35)(H,30,36)(H,33,34). The Balaban J connectivity index is 1.76. The fraction of sp³-hybridized carbons (Fsp3) is 0.107. The number of hydrogen-bond acceptors (Lipinski definition) is 5. The lowest BCUT2D eigenvalue weighted by atomic mass is 9.95. The fourth-order valence-electron chi connectivity index (χ4n) is 3.84. The maximum absolute atomic E-state index is 13.6. The Morgan fingerprint density at radius 3 is 2.00 bits per heavy atom. The van der Waals surface area contributed by atoms with Gasteiger partial charge in [0.25, 0.3) is 17.4 Å². The van der Waals surface area contributed by atoms with Gasteiger partial charge >= 0.3 is 5.97 Å². The lowest BCUT2D eigenvalue weighted by Crippen LogP contribution is -2.32. The van der Waals surface area contributed by atoms with Gasteiger partial charge in [-0.25, -0.2) is 4.68 Å². The van der Waals surface area contributed by atoms with Crippen LogP contribution in [0.4, 0.5) is 5.69 Å². The van der Waals surface area contributed by atoms with Gasteiger partial charge < -0.3 is 15.7 Å². The van der Waals surface area contributed by atoms with Crippen molar-refractivity contribution in [3.63, 3.8) is 0 Å². The number of nitrogens with one attached hydrogen (secondary N) is 2. The quantitative estimate of drug-likeness (QED) is 0.341. The Kier molecular flexibility index (Phi) is 7.53. The molecule has 4 aromatic rings. The summed E-state index contributed by atoms with van der Waals surface area (Å²) in [6.45, 7) is 1.55. The molecule has 0 unspecified atom stereocenters. The van der Waals surface area contributed by atoms with E-state index in [2.05, 4.69) is 15.7 Å². The van der Waals surface area contributed by atoms with E-state index < -0.39 is 29.9 Å². The van der Waals surface area contributed by atoms with Gasteiger partial charge in [-0.3, -0.25) is 19.2 Å². The van der Waals surface area contributed by atoms with E-state index in [0.717, 1.165) is 5.56 Å². The van der Waals surface area contributed by atoms with E-state index in [0.29, 0.717) is 22.5 Å². The highest BCUT2D eigenvalue weighted by Gasteiger charge is 2.25. The first-order valence-electron chi connectivity index (χ1n) is 11.6. The number of amides is 2. The van der Waals surface area contributed by atoms with Crippen LogP contribution in [0.15, 0.2) is 89.7 Å². The third-order valence-electron chi connectivity index (χ3n) is 5.60. The SMILES string of the molecule is CCn1nc(-c2ccccc2)c(-c2ccccc2)c(C(=O)Nc2ccc(C(=O)NCC(=O)O)cc2)c1=O. The molecule has 3 aromatic carbocycles. The summed E-state index contributed by atoms with van der Waals surface area (Å²) in [5.41, 5.74) is 2.37. The Bertz CT molecular complexity index is 1500. The molecule has 0 saturated carbocycles. The van der Waals surface area contributed by atoms with Crippen LogP contribution in [0.5, 0.6) is 0 Å². The first-order valence-corrected chi connectivity index (χ1v) is 11.6. The molecule has 3 N–H and O–H groups in total. The molecule has 0 aliphatic carbocycles. The Morgan fingerprint density at radius 1 is 0.838 bits per heavy atom. The molecule has 9 heteroatoms. The highest BCUT2D eigenvalue weighted by Crippen LogP contribution is 2.32. The smallest absolute Gasteiger partial charge is 0.322 e. The second kappa shape index (κ2) is 11.1. The number of benzene rings is 3. The molecular formula is C28H24N4O5. The van der Waals surface area contributed by atoms with Gasteiger partial charge in [0.15, 0.2) is 0 Å². The highest BCUT2D eigenvalue weighted by molar-refractivity contribution is 6.10. The summed E-state index contributed by atoms with van der Waals surface area (Å²) in [7, 11) is 0. The molecule has 186 valence electrons. The number of hydrogen-bond donors (Lipinski definition) is 3. The maximum atomic E-state index is 13.6. The van der Waals surface area contributed by atoms with E-state index in [1.165, 1.54) is 28.9 Å². The van der Waals surface area contributed by atoms with Crippen molar-refractivity contribution in [1.82, 2.24) is 15.1 Å². The number of carbonyl (C=O) groups excluding carboxylic acids is 2. The lowest BCUT2D eigenvalue weighted by Gasteiger charge is -2.17. The summed E-state index contributed by atoms with van der Waals surface area (Å²) in [4.78, 5) is 49.7. The van der Waals surface area contributed by atoms with E-state index in [9.17, 15) is 19.2 Å². The number of nitrogens with zero attached hydrogens (tertiary/aromatic N) is 2. The number of anilines is 1. The molecule has 37 heavy (non-hydrogen) atoms. The zero-order valence-electron chi connectivity index (χ0n) is 20.0. The van der Waals surface area contributed by atoms with Gasteiger partial charge in [0.2, 0.25) is 0 Å². The molecule has 0 aliphatic rings. The van der Waals surface area contributed by atoms with Crippen LogP contribution >= 0.6 is 0 Å². The number of carbonyl (C=O) groups is 3. The van der Waals surface area contributed by atoms with Crippen LogP contribution in [-0.2, 0) is 11.3 Å². The molecular weight excluding hydrogens is 472 g/mol. The Labute approximate surface area is 212 Å². The molecule has 2 amide bonds. The monoisotopic (exact) mass is 496 g/mol. The topological polar surface area (TPSA) is 130 Å². The van der Waals surface area contributed by atoms with Crippen molar-refractivity contribution >= 4 is 23.5 Å². The second-order valence-corrected chi connectivity index (χ2v) is 8.06. The zero-order valence-corrected chi connectivity index (χ0v) is 20.0. The molecule has 0 bridgehead atoms. The van der Waals surface area contributed by atoms with E-state index in [-0.39, 0.29) is 17.7 Å². The summed E-state index contributed by atoms with van der Waals surface area (Å²) < 4.78 is 1.26. The van der Waals surface area contributed by atoms with Crippen molar-refractivity contribution in [2.75, 3.05) is 11.9 Å². The number of carboxylic acid groups (broad SMARTS) is 1. The molecule has 0 spiro atoms. The number of aryl methyl sites for hydroxylation is 1. The second-order valence-electron chi connectivity index (χ2n) is 8.06. The summed E-state index contributed by atoms with van der Waals surface area (Å²) in [6.07, 6.45) is 0. The van der Waals surface area contributed by atoms with Crippen LogP contribution in [0.2, 0.25) is 0 Å². The number of aromatic nitrogens is 2. The number of aliphatic carboxylic acids is 1. The van der Waals surface area contributed by atoms with E-state index in [4.69, 9.17) is 5.11 Å². The normalized spacial score (nSPS) is 10.5. The van der Waals surface area contributed by atoms with Crippen LogP contribution in [0, 0.1) is 0 Å². The van der Waals surface area contributed by atoms with Crippen molar-refractivity contribution in [3.8, 4) is 22.4 Å². The Morgan fingerprint density at radius 2 is 1.43 bits per heavy atom. The third kappa shape index (κ3) is 5.62. The molecule has 4 rings (SSSR count). The molecule has 0 aliphatic heterocycles. The van der Waals surface area contributed by atoms with Gasteiger partial charge in [0, 0.05) is 28.9 Å². The van der Waals surface area contributed by atoms with Gasteiger partial charge in [-0.1, -0.05) is 60.7 Å². The van der Waals surface area contributed by atoms with Crippen molar-refractivity contribution in [2.24, 2.45) is 0 Å². The summed E-state index contributed by atoms with van der Waals surface area (Å²) in [6, 6.07) is 24.4. The first-order chi connectivity index (χ1) is 17.9. The number of rotatable bonds is 8.